The van der Waals surface area contributed by atoms with Crippen molar-refractivity contribution in [2.75, 3.05) is 4.72 Å². The van der Waals surface area contributed by atoms with Crippen LogP contribution in [0, 0.1) is 20.8 Å². The molecule has 3 aromatic rings. The molecule has 0 aliphatic rings. The summed E-state index contributed by atoms with van der Waals surface area (Å²) in [5.41, 5.74) is 6.09. The van der Waals surface area contributed by atoms with Gasteiger partial charge in [0.2, 0.25) is 0 Å². The molecule has 0 spiro atoms. The number of anilines is 1. The van der Waals surface area contributed by atoms with Crippen molar-refractivity contribution in [1.82, 2.24) is 0 Å². The van der Waals surface area contributed by atoms with Crippen LogP contribution in [0.1, 0.15) is 16.7 Å². The van der Waals surface area contributed by atoms with Crippen molar-refractivity contribution in [3.8, 4) is 11.1 Å². The Hall–Kier alpha value is -2.59. The lowest BCUT2D eigenvalue weighted by Crippen LogP contribution is -2.13. The van der Waals surface area contributed by atoms with Gasteiger partial charge in [0.1, 0.15) is 0 Å². The molecule has 4 heteroatoms. The summed E-state index contributed by atoms with van der Waals surface area (Å²) in [4.78, 5) is 0.251. The van der Waals surface area contributed by atoms with Gasteiger partial charge in [0.25, 0.3) is 10.0 Å². The minimum absolute atomic E-state index is 0.251. The van der Waals surface area contributed by atoms with E-state index in [1.807, 2.05) is 18.2 Å². The molecule has 0 aliphatic carbocycles. The molecule has 0 radical (unpaired) electrons. The van der Waals surface area contributed by atoms with E-state index in [-0.39, 0.29) is 4.90 Å². The number of aryl methyl sites for hydroxylation is 2. The smallest absolute Gasteiger partial charge is 0.261 e. The molecular weight excluding hydrogens is 330 g/mol. The van der Waals surface area contributed by atoms with Gasteiger partial charge >= 0.3 is 0 Å². The van der Waals surface area contributed by atoms with Gasteiger partial charge < -0.3 is 0 Å². The van der Waals surface area contributed by atoms with E-state index >= 15 is 0 Å². The number of sulfonamides is 1. The topological polar surface area (TPSA) is 46.2 Å². The van der Waals surface area contributed by atoms with Crippen LogP contribution in [-0.4, -0.2) is 8.42 Å². The van der Waals surface area contributed by atoms with Gasteiger partial charge in [-0.2, -0.15) is 0 Å². The van der Waals surface area contributed by atoms with E-state index in [0.717, 1.165) is 11.1 Å². The summed E-state index contributed by atoms with van der Waals surface area (Å²) in [5, 5.41) is 0. The first-order valence-corrected chi connectivity index (χ1v) is 9.62. The third-order valence-corrected chi connectivity index (χ3v) is 5.84. The lowest BCUT2D eigenvalue weighted by Gasteiger charge is -2.15. The van der Waals surface area contributed by atoms with Crippen LogP contribution in [-0.2, 0) is 10.0 Å². The molecule has 0 bridgehead atoms. The molecule has 0 fully saturated rings. The van der Waals surface area contributed by atoms with Crippen LogP contribution < -0.4 is 4.72 Å². The summed E-state index contributed by atoms with van der Waals surface area (Å²) in [6, 6.07) is 20.1. The molecule has 0 heterocycles. The zero-order valence-corrected chi connectivity index (χ0v) is 15.4. The predicted octanol–water partition coefficient (Wildman–Crippen LogP) is 5.08. The highest BCUT2D eigenvalue weighted by Crippen LogP contribution is 2.32. The van der Waals surface area contributed by atoms with E-state index in [2.05, 4.69) is 37.6 Å². The van der Waals surface area contributed by atoms with Gasteiger partial charge in [0.05, 0.1) is 10.6 Å². The normalized spacial score (nSPS) is 11.3. The maximum absolute atomic E-state index is 12.7. The molecule has 3 rings (SSSR count). The molecule has 3 nitrogen and oxygen atoms in total. The number of rotatable bonds is 4. The van der Waals surface area contributed by atoms with Crippen LogP contribution in [0.3, 0.4) is 0 Å². The second-order valence-corrected chi connectivity index (χ2v) is 7.88. The average molecular weight is 351 g/mol. The van der Waals surface area contributed by atoms with Crippen LogP contribution in [0.2, 0.25) is 0 Å². The Balaban J connectivity index is 2.06. The molecule has 0 saturated heterocycles. The molecule has 1 N–H and O–H groups in total. The Morgan fingerprint density at radius 3 is 1.96 bits per heavy atom. The van der Waals surface area contributed by atoms with Crippen molar-refractivity contribution in [3.05, 3.63) is 83.4 Å². The van der Waals surface area contributed by atoms with E-state index in [9.17, 15) is 8.42 Å². The third-order valence-electron chi connectivity index (χ3n) is 4.46. The van der Waals surface area contributed by atoms with Gasteiger partial charge in [-0.15, -0.1) is 0 Å². The third kappa shape index (κ3) is 3.59. The highest BCUT2D eigenvalue weighted by Gasteiger charge is 2.16. The van der Waals surface area contributed by atoms with Crippen LogP contribution in [0.15, 0.2) is 71.6 Å². The maximum Gasteiger partial charge on any atom is 0.261 e. The summed E-state index contributed by atoms with van der Waals surface area (Å²) in [6.45, 7) is 6.24. The van der Waals surface area contributed by atoms with E-state index in [0.29, 0.717) is 5.69 Å². The zero-order chi connectivity index (χ0) is 18.0. The van der Waals surface area contributed by atoms with Crippen molar-refractivity contribution >= 4 is 15.7 Å². The number of benzene rings is 3. The van der Waals surface area contributed by atoms with Crippen molar-refractivity contribution in [2.45, 2.75) is 25.7 Å². The van der Waals surface area contributed by atoms with E-state index in [4.69, 9.17) is 0 Å². The summed E-state index contributed by atoms with van der Waals surface area (Å²) < 4.78 is 28.1. The largest absolute Gasteiger partial charge is 0.279 e. The summed E-state index contributed by atoms with van der Waals surface area (Å²) >= 11 is 0. The number of hydrogen-bond acceptors (Lipinski definition) is 2. The first kappa shape index (κ1) is 17.2. The minimum atomic E-state index is -3.62. The monoisotopic (exact) mass is 351 g/mol. The van der Waals surface area contributed by atoms with Crippen molar-refractivity contribution < 1.29 is 8.42 Å². The highest BCUT2D eigenvalue weighted by molar-refractivity contribution is 7.92. The van der Waals surface area contributed by atoms with Crippen molar-refractivity contribution in [3.63, 3.8) is 0 Å². The first-order chi connectivity index (χ1) is 11.9. The SMILES string of the molecule is Cc1cc(-c2ccccc2NS(=O)(=O)c2ccccc2)cc(C)c1C. The molecule has 0 aliphatic heterocycles. The molecule has 3 aromatic carbocycles. The molecule has 0 amide bonds. The highest BCUT2D eigenvalue weighted by atomic mass is 32.2. The lowest BCUT2D eigenvalue weighted by molar-refractivity contribution is 0.601. The Morgan fingerprint density at radius 2 is 1.32 bits per heavy atom. The fourth-order valence-corrected chi connectivity index (χ4v) is 3.92. The van der Waals surface area contributed by atoms with Gasteiger partial charge in [-0.25, -0.2) is 8.42 Å². The number of nitrogens with one attached hydrogen (secondary N) is 1. The van der Waals surface area contributed by atoms with E-state index < -0.39 is 10.0 Å². The second kappa shape index (κ2) is 6.73. The molecule has 0 atom stereocenters. The maximum atomic E-state index is 12.7. The molecule has 25 heavy (non-hydrogen) atoms. The molecular formula is C21H21NO2S. The molecule has 0 unspecified atom stereocenters. The van der Waals surface area contributed by atoms with Crippen LogP contribution in [0.4, 0.5) is 5.69 Å². The van der Waals surface area contributed by atoms with Crippen molar-refractivity contribution in [1.29, 1.82) is 0 Å². The van der Waals surface area contributed by atoms with Crippen LogP contribution in [0.5, 0.6) is 0 Å². The van der Waals surface area contributed by atoms with Gasteiger partial charge in [-0.3, -0.25) is 4.72 Å². The predicted molar refractivity (Wildman–Crippen MR) is 103 cm³/mol. The lowest BCUT2D eigenvalue weighted by atomic mass is 9.96. The summed E-state index contributed by atoms with van der Waals surface area (Å²) in [7, 11) is -3.62. The van der Waals surface area contributed by atoms with Gasteiger partial charge in [0, 0.05) is 5.56 Å². The Labute approximate surface area is 149 Å². The first-order valence-electron chi connectivity index (χ1n) is 8.13. The van der Waals surface area contributed by atoms with Gasteiger partial charge in [-0.05, 0) is 61.2 Å². The molecule has 0 aromatic heterocycles. The molecule has 0 saturated carbocycles. The Kier molecular flexibility index (Phi) is 4.64. The summed E-state index contributed by atoms with van der Waals surface area (Å²) in [5.74, 6) is 0. The van der Waals surface area contributed by atoms with Crippen LogP contribution >= 0.6 is 0 Å². The number of para-hydroxylation sites is 1. The van der Waals surface area contributed by atoms with E-state index in [1.54, 1.807) is 36.4 Å². The quantitative estimate of drug-likeness (QED) is 0.712. The Morgan fingerprint density at radius 1 is 0.760 bits per heavy atom. The zero-order valence-electron chi connectivity index (χ0n) is 14.6. The number of hydrogen-bond donors (Lipinski definition) is 1. The fraction of sp³-hybridized carbons (Fsp3) is 0.143. The van der Waals surface area contributed by atoms with E-state index in [1.165, 1.54) is 16.7 Å². The van der Waals surface area contributed by atoms with Crippen molar-refractivity contribution in [2.24, 2.45) is 0 Å². The second-order valence-electron chi connectivity index (χ2n) is 6.20. The molecule has 128 valence electrons. The fourth-order valence-electron chi connectivity index (χ4n) is 2.82. The average Bonchev–Trinajstić information content (AvgIpc) is 2.60. The van der Waals surface area contributed by atoms with Gasteiger partial charge in [0.15, 0.2) is 0 Å². The summed E-state index contributed by atoms with van der Waals surface area (Å²) in [6.07, 6.45) is 0. The standard InChI is InChI=1S/C21H21NO2S/c1-15-13-18(14-16(2)17(15)3)20-11-7-8-12-21(20)22-25(23,24)19-9-5-4-6-10-19/h4-14,22H,1-3H3. The van der Waals surface area contributed by atoms with Gasteiger partial charge in [-0.1, -0.05) is 48.5 Å². The Bertz CT molecular complexity index is 986. The minimum Gasteiger partial charge on any atom is -0.279 e. The van der Waals surface area contributed by atoms with Crippen LogP contribution in [0.25, 0.3) is 11.1 Å².